The number of nitrogen functional groups attached to an aromatic ring is 1. The lowest BCUT2D eigenvalue weighted by molar-refractivity contribution is 0.670. The highest BCUT2D eigenvalue weighted by atomic mass is 16.3. The first-order valence-corrected chi connectivity index (χ1v) is 8.27. The Morgan fingerprint density at radius 2 is 1.35 bits per heavy atom. The number of nitrogens with two attached hydrogens (primary N) is 1. The van der Waals surface area contributed by atoms with Crippen molar-refractivity contribution in [3.05, 3.63) is 90.9 Å². The lowest BCUT2D eigenvalue weighted by Gasteiger charge is -2.05. The van der Waals surface area contributed by atoms with Crippen LogP contribution < -0.4 is 5.73 Å². The van der Waals surface area contributed by atoms with Gasteiger partial charge in [0, 0.05) is 16.3 Å². The van der Waals surface area contributed by atoms with Crippen LogP contribution in [0.25, 0.3) is 44.2 Å². The predicted molar refractivity (Wildman–Crippen MR) is 109 cm³/mol. The minimum absolute atomic E-state index is 0.0370. The van der Waals surface area contributed by atoms with Crippen LogP contribution in [0.4, 0.5) is 5.69 Å². The first-order valence-electron chi connectivity index (χ1n) is 10.8. The molecule has 1 heterocycles. The summed E-state index contributed by atoms with van der Waals surface area (Å²) in [6, 6.07) is 17.6. The van der Waals surface area contributed by atoms with Crippen LogP contribution in [-0.4, -0.2) is 0 Å². The third kappa shape index (κ3) is 2.27. The summed E-state index contributed by atoms with van der Waals surface area (Å²) in [5, 5.41) is 0.373. The normalized spacial score (nSPS) is 13.9. The zero-order valence-corrected chi connectivity index (χ0v) is 13.8. The molecule has 0 aliphatic heterocycles. The Balaban J connectivity index is 1.94. The van der Waals surface area contributed by atoms with E-state index in [2.05, 4.69) is 0 Å². The maximum absolute atomic E-state index is 8.71. The number of hydrogen-bond donors (Lipinski definition) is 1. The van der Waals surface area contributed by atoms with E-state index in [4.69, 9.17) is 17.0 Å². The first kappa shape index (κ1) is 10.5. The van der Waals surface area contributed by atoms with Crippen LogP contribution in [0.2, 0.25) is 0 Å². The van der Waals surface area contributed by atoms with E-state index in [-0.39, 0.29) is 63.4 Å². The summed E-state index contributed by atoms with van der Waals surface area (Å²) in [7, 11) is 0. The van der Waals surface area contributed by atoms with Crippen LogP contribution >= 0.6 is 0 Å². The summed E-state index contributed by atoms with van der Waals surface area (Å²) in [5.74, 6) is 0. The molecular weight excluding hydrogens is 318 g/mol. The highest BCUT2D eigenvalue weighted by molar-refractivity contribution is 6.11. The van der Waals surface area contributed by atoms with Gasteiger partial charge in [0.25, 0.3) is 0 Å². The van der Waals surface area contributed by atoms with E-state index in [0.29, 0.717) is 16.7 Å². The minimum atomic E-state index is -0.150. The molecule has 0 spiro atoms. The maximum atomic E-state index is 8.71. The quantitative estimate of drug-likeness (QED) is 0.372. The molecule has 0 radical (unpaired) electrons. The smallest absolute Gasteiger partial charge is 0.158 e. The third-order valence-corrected chi connectivity index (χ3v) is 4.41. The number of hydrogen-bond acceptors (Lipinski definition) is 2. The number of anilines is 1. The molecule has 4 aromatic carbocycles. The Morgan fingerprint density at radius 1 is 0.692 bits per heavy atom. The molecule has 2 heteroatoms. The summed E-state index contributed by atoms with van der Waals surface area (Å²) in [5.41, 5.74) is 8.85. The Morgan fingerprint density at radius 3 is 2.08 bits per heavy atom. The second-order valence-corrected chi connectivity index (χ2v) is 6.03. The van der Waals surface area contributed by atoms with Gasteiger partial charge in [0.15, 0.2) is 5.58 Å². The molecule has 0 saturated carbocycles. The molecule has 0 aliphatic rings. The van der Waals surface area contributed by atoms with E-state index in [1.807, 2.05) is 24.3 Å². The van der Waals surface area contributed by atoms with Gasteiger partial charge in [-0.2, -0.15) is 0 Å². The van der Waals surface area contributed by atoms with Gasteiger partial charge in [-0.15, -0.1) is 0 Å². The second kappa shape index (κ2) is 5.78. The molecule has 2 N–H and O–H groups in total. The van der Waals surface area contributed by atoms with Gasteiger partial charge >= 0.3 is 0 Å². The van der Waals surface area contributed by atoms with Crippen LogP contribution in [0.3, 0.4) is 0 Å². The lowest BCUT2D eigenvalue weighted by Crippen LogP contribution is -1.90. The molecule has 0 aliphatic carbocycles. The van der Waals surface area contributed by atoms with Gasteiger partial charge in [-0.1, -0.05) is 72.7 Å². The minimum Gasteiger partial charge on any atom is -0.454 e. The van der Waals surface area contributed by atoms with E-state index in [0.717, 1.165) is 0 Å². The number of benzene rings is 4. The summed E-state index contributed by atoms with van der Waals surface area (Å²) < 4.78 is 49.0. The van der Waals surface area contributed by atoms with E-state index < -0.39 is 0 Å². The molecular formula is C24H17NO. The Hall–Kier alpha value is -3.52. The van der Waals surface area contributed by atoms with Crippen molar-refractivity contribution in [1.82, 2.24) is 0 Å². The average Bonchev–Trinajstić information content (AvgIpc) is 3.20. The van der Waals surface area contributed by atoms with Gasteiger partial charge in [0.05, 0.1) is 12.5 Å². The van der Waals surface area contributed by atoms with E-state index in [9.17, 15) is 0 Å². The fourth-order valence-corrected chi connectivity index (χ4v) is 3.10. The average molecular weight is 340 g/mol. The van der Waals surface area contributed by atoms with Crippen molar-refractivity contribution >= 4 is 27.6 Å². The van der Waals surface area contributed by atoms with Gasteiger partial charge in [-0.05, 0) is 34.8 Å². The van der Waals surface area contributed by atoms with Crippen molar-refractivity contribution in [2.45, 2.75) is 0 Å². The van der Waals surface area contributed by atoms with Crippen LogP contribution in [0.15, 0.2) is 95.3 Å². The van der Waals surface area contributed by atoms with Crippen molar-refractivity contribution in [1.29, 1.82) is 0 Å². The molecule has 0 bridgehead atoms. The number of fused-ring (bicyclic) bond motifs is 3. The zero-order valence-electron chi connectivity index (χ0n) is 18.8. The Bertz CT molecular complexity index is 1370. The van der Waals surface area contributed by atoms with Gasteiger partial charge in [0.1, 0.15) is 5.58 Å². The standard InChI is InChI=1S/C24H17NO/c25-23-19(17-9-5-2-6-10-17)13-14-21-20-12-11-18(15-22(20)26-24(21)23)16-7-3-1-4-8-16/h1-15H,25H2/i11D,12D,13D,14D,15D. The first-order chi connectivity index (χ1) is 14.9. The molecule has 124 valence electrons. The summed E-state index contributed by atoms with van der Waals surface area (Å²) >= 11 is 0. The predicted octanol–water partition coefficient (Wildman–Crippen LogP) is 6.50. The molecule has 26 heavy (non-hydrogen) atoms. The topological polar surface area (TPSA) is 39.2 Å². The fourth-order valence-electron chi connectivity index (χ4n) is 3.10. The van der Waals surface area contributed by atoms with Gasteiger partial charge < -0.3 is 10.2 Å². The Labute approximate surface area is 158 Å². The molecule has 0 fully saturated rings. The summed E-state index contributed by atoms with van der Waals surface area (Å²) in [4.78, 5) is 0. The van der Waals surface area contributed by atoms with Crippen LogP contribution in [0, 0.1) is 0 Å². The van der Waals surface area contributed by atoms with Crippen molar-refractivity contribution in [3.8, 4) is 22.3 Å². The van der Waals surface area contributed by atoms with Gasteiger partial charge in [0.2, 0.25) is 0 Å². The van der Waals surface area contributed by atoms with E-state index >= 15 is 0 Å². The SMILES string of the molecule is [2H]c1c(-c2ccccc2)c([2H])c2oc3c(N)c(-c4ccccc4)c([2H])c([2H])c3c2c1[2H]. The van der Waals surface area contributed by atoms with Crippen LogP contribution in [0.1, 0.15) is 6.85 Å². The Kier molecular flexibility index (Phi) is 2.33. The fraction of sp³-hybridized carbons (Fsp3) is 0. The highest BCUT2D eigenvalue weighted by Gasteiger charge is 2.14. The largest absolute Gasteiger partial charge is 0.454 e. The summed E-state index contributed by atoms with van der Waals surface area (Å²) in [6.07, 6.45) is 0. The van der Waals surface area contributed by atoms with Crippen molar-refractivity contribution < 1.29 is 11.3 Å². The molecule has 0 atom stereocenters. The van der Waals surface area contributed by atoms with Crippen molar-refractivity contribution in [2.75, 3.05) is 5.73 Å². The zero-order chi connectivity index (χ0) is 21.9. The number of furan rings is 1. The molecule has 5 aromatic rings. The molecule has 0 saturated heterocycles. The molecule has 0 amide bonds. The monoisotopic (exact) mass is 340 g/mol. The second-order valence-electron chi connectivity index (χ2n) is 6.03. The molecule has 5 rings (SSSR count). The van der Waals surface area contributed by atoms with Crippen LogP contribution in [0.5, 0.6) is 0 Å². The molecule has 1 aromatic heterocycles. The lowest BCUT2D eigenvalue weighted by atomic mass is 10.0. The molecule has 2 nitrogen and oxygen atoms in total. The van der Waals surface area contributed by atoms with Crippen molar-refractivity contribution in [2.24, 2.45) is 0 Å². The van der Waals surface area contributed by atoms with Gasteiger partial charge in [-0.3, -0.25) is 0 Å². The third-order valence-electron chi connectivity index (χ3n) is 4.41. The van der Waals surface area contributed by atoms with E-state index in [1.165, 1.54) is 0 Å². The number of rotatable bonds is 2. The van der Waals surface area contributed by atoms with Crippen molar-refractivity contribution in [3.63, 3.8) is 0 Å². The summed E-state index contributed by atoms with van der Waals surface area (Å²) in [6.45, 7) is 0. The van der Waals surface area contributed by atoms with Crippen LogP contribution in [-0.2, 0) is 0 Å². The highest BCUT2D eigenvalue weighted by Crippen LogP contribution is 2.39. The molecule has 0 unspecified atom stereocenters. The van der Waals surface area contributed by atoms with E-state index in [1.54, 1.807) is 36.4 Å². The maximum Gasteiger partial charge on any atom is 0.158 e. The van der Waals surface area contributed by atoms with Gasteiger partial charge in [-0.25, -0.2) is 0 Å².